The first kappa shape index (κ1) is 23.1. The number of amides is 1. The molecule has 1 amide bonds. The zero-order chi connectivity index (χ0) is 24.4. The fourth-order valence-electron chi connectivity index (χ4n) is 6.96. The molecule has 7 heteroatoms. The number of phenols is 1. The molecule has 4 N–H and O–H groups in total. The fourth-order valence-corrected chi connectivity index (χ4v) is 6.96. The monoisotopic (exact) mass is 465 g/mol. The molecule has 0 spiro atoms. The smallest absolute Gasteiger partial charge is 0.261 e. The van der Waals surface area contributed by atoms with Crippen molar-refractivity contribution in [2.24, 2.45) is 11.8 Å². The Hall–Kier alpha value is -2.64. The number of aromatic hydroxyl groups is 1. The maximum absolute atomic E-state index is 12.9. The lowest BCUT2D eigenvalue weighted by Gasteiger charge is -2.53. The first-order valence-electron chi connectivity index (χ1n) is 12.3. The third kappa shape index (κ3) is 3.32. The van der Waals surface area contributed by atoms with Gasteiger partial charge in [-0.25, -0.2) is 0 Å². The van der Waals surface area contributed by atoms with Crippen molar-refractivity contribution < 1.29 is 15.0 Å². The number of aliphatic hydroxyl groups is 1. The minimum atomic E-state index is -1.07. The quantitative estimate of drug-likeness (QED) is 0.542. The number of pyridine rings is 1. The molecular formula is C27H35N3O4. The Morgan fingerprint density at radius 1 is 1.29 bits per heavy atom. The van der Waals surface area contributed by atoms with Crippen LogP contribution in [-0.2, 0) is 18.3 Å². The third-order valence-corrected chi connectivity index (χ3v) is 8.51. The van der Waals surface area contributed by atoms with Crippen LogP contribution in [0.15, 0.2) is 29.1 Å². The number of aryl methyl sites for hydroxylation is 1. The number of aromatic nitrogens is 1. The van der Waals surface area contributed by atoms with E-state index in [9.17, 15) is 19.8 Å². The van der Waals surface area contributed by atoms with Crippen molar-refractivity contribution in [3.8, 4) is 5.75 Å². The molecule has 34 heavy (non-hydrogen) atoms. The summed E-state index contributed by atoms with van der Waals surface area (Å²) in [4.78, 5) is 30.9. The number of aromatic amines is 1. The summed E-state index contributed by atoms with van der Waals surface area (Å²) in [6.07, 6.45) is 2.46. The highest BCUT2D eigenvalue weighted by Gasteiger charge is 2.69. The number of hydrogen-bond acceptors (Lipinski definition) is 5. The lowest BCUT2D eigenvalue weighted by atomic mass is 9.59. The Bertz CT molecular complexity index is 1200. The van der Waals surface area contributed by atoms with Gasteiger partial charge in [-0.2, -0.15) is 0 Å². The van der Waals surface area contributed by atoms with Gasteiger partial charge in [0.25, 0.3) is 11.5 Å². The number of likely N-dealkylation sites (N-methyl/N-ethyl adjacent to an activating group) is 1. The number of rotatable bonds is 5. The van der Waals surface area contributed by atoms with Crippen LogP contribution in [0.5, 0.6) is 5.75 Å². The maximum Gasteiger partial charge on any atom is 0.261 e. The average Bonchev–Trinajstić information content (AvgIpc) is 2.95. The number of nitrogens with one attached hydrogen (secondary N) is 2. The number of hydrogen-bond donors (Lipinski definition) is 4. The van der Waals surface area contributed by atoms with E-state index >= 15 is 0 Å². The number of nitrogens with zero attached hydrogens (tertiary/aromatic N) is 1. The summed E-state index contributed by atoms with van der Waals surface area (Å²) in [7, 11) is 2.04. The van der Waals surface area contributed by atoms with Crippen LogP contribution in [0.2, 0.25) is 0 Å². The standard InChI is InChI=1S/C27H35N3O4/c1-15(2)7-8-28-24(32)20-9-17-12-27(34)23-18(14-30(23)4)11-26(27,13-22(17)29-25(20)33)21-10-19(31)6-5-16(21)3/h5-6,9-10,15,18,23,31,34H,7-8,11-14H2,1-4H3,(H,28,32)(H,29,33). The number of fused-ring (bicyclic) bond motifs is 4. The van der Waals surface area contributed by atoms with E-state index in [0.717, 1.165) is 41.8 Å². The molecule has 2 heterocycles. The molecule has 4 atom stereocenters. The van der Waals surface area contributed by atoms with Gasteiger partial charge >= 0.3 is 0 Å². The molecule has 0 bridgehead atoms. The van der Waals surface area contributed by atoms with Crippen molar-refractivity contribution in [1.82, 2.24) is 15.2 Å². The van der Waals surface area contributed by atoms with Crippen molar-refractivity contribution in [3.63, 3.8) is 0 Å². The predicted octanol–water partition coefficient (Wildman–Crippen LogP) is 2.27. The maximum atomic E-state index is 12.9. The number of likely N-dealkylation sites (tertiary alicyclic amines) is 1. The summed E-state index contributed by atoms with van der Waals surface area (Å²) in [6.45, 7) is 7.63. The van der Waals surface area contributed by atoms with Gasteiger partial charge in [0.1, 0.15) is 11.3 Å². The van der Waals surface area contributed by atoms with E-state index in [1.165, 1.54) is 0 Å². The fraction of sp³-hybridized carbons (Fsp3) is 0.556. The summed E-state index contributed by atoms with van der Waals surface area (Å²) < 4.78 is 0. The zero-order valence-electron chi connectivity index (χ0n) is 20.4. The second-order valence-electron chi connectivity index (χ2n) is 11.2. The van der Waals surface area contributed by atoms with Crippen LogP contribution < -0.4 is 10.9 Å². The van der Waals surface area contributed by atoms with Gasteiger partial charge in [0.05, 0.1) is 5.60 Å². The van der Waals surface area contributed by atoms with Gasteiger partial charge in [-0.1, -0.05) is 19.9 Å². The first-order chi connectivity index (χ1) is 16.1. The van der Waals surface area contributed by atoms with Crippen LogP contribution in [0.3, 0.4) is 0 Å². The minimum Gasteiger partial charge on any atom is -0.508 e. The minimum absolute atomic E-state index is 0.00218. The molecule has 4 unspecified atom stereocenters. The van der Waals surface area contributed by atoms with E-state index in [-0.39, 0.29) is 23.3 Å². The van der Waals surface area contributed by atoms with Crippen LogP contribution in [0, 0.1) is 18.8 Å². The van der Waals surface area contributed by atoms with E-state index in [2.05, 4.69) is 29.0 Å². The summed E-state index contributed by atoms with van der Waals surface area (Å²) in [5.41, 5.74) is 1.58. The normalized spacial score (nSPS) is 29.8. The molecule has 1 saturated carbocycles. The number of carbonyl (C=O) groups is 1. The van der Waals surface area contributed by atoms with Gasteiger partial charge in [0.2, 0.25) is 0 Å². The van der Waals surface area contributed by atoms with Crippen molar-refractivity contribution in [2.45, 2.75) is 63.5 Å². The Morgan fingerprint density at radius 2 is 2.06 bits per heavy atom. The molecule has 5 rings (SSSR count). The molecule has 1 aromatic carbocycles. The Morgan fingerprint density at radius 3 is 2.76 bits per heavy atom. The van der Waals surface area contributed by atoms with E-state index in [0.29, 0.717) is 31.2 Å². The molecule has 7 nitrogen and oxygen atoms in total. The van der Waals surface area contributed by atoms with Gasteiger partial charge in [-0.15, -0.1) is 0 Å². The molecule has 1 aliphatic heterocycles. The van der Waals surface area contributed by atoms with Crippen LogP contribution in [0.1, 0.15) is 59.4 Å². The van der Waals surface area contributed by atoms with Gasteiger partial charge in [0, 0.05) is 43.1 Å². The van der Waals surface area contributed by atoms with E-state index < -0.39 is 16.6 Å². The summed E-state index contributed by atoms with van der Waals surface area (Å²) in [6, 6.07) is 7.03. The molecule has 182 valence electrons. The molecule has 3 aliphatic rings. The second-order valence-corrected chi connectivity index (χ2v) is 11.2. The number of benzene rings is 1. The van der Waals surface area contributed by atoms with Crippen LogP contribution >= 0.6 is 0 Å². The summed E-state index contributed by atoms with van der Waals surface area (Å²) in [5.74, 6) is 0.608. The zero-order valence-corrected chi connectivity index (χ0v) is 20.4. The molecule has 2 fully saturated rings. The van der Waals surface area contributed by atoms with Crippen molar-refractivity contribution >= 4 is 5.91 Å². The predicted molar refractivity (Wildman–Crippen MR) is 130 cm³/mol. The molecule has 2 aliphatic carbocycles. The van der Waals surface area contributed by atoms with Crippen LogP contribution in [0.25, 0.3) is 0 Å². The van der Waals surface area contributed by atoms with Gasteiger partial charge < -0.3 is 20.5 Å². The molecule has 0 radical (unpaired) electrons. The van der Waals surface area contributed by atoms with Gasteiger partial charge in [0.15, 0.2) is 0 Å². The Kier molecular flexibility index (Phi) is 5.41. The second kappa shape index (κ2) is 7.95. The Labute approximate surface area is 200 Å². The Balaban J connectivity index is 1.58. The lowest BCUT2D eigenvalue weighted by Crippen LogP contribution is -2.67. The number of phenolic OH excluding ortho intramolecular Hbond substituents is 1. The van der Waals surface area contributed by atoms with Crippen molar-refractivity contribution in [2.75, 3.05) is 20.1 Å². The SMILES string of the molecule is Cc1ccc(O)cc1C12Cc3[nH]c(=O)c(C(=O)NCCC(C)C)cc3CC1(O)C1C(CN1C)C2. The highest BCUT2D eigenvalue weighted by Crippen LogP contribution is 2.61. The first-order valence-corrected chi connectivity index (χ1v) is 12.3. The van der Waals surface area contributed by atoms with E-state index in [1.54, 1.807) is 18.2 Å². The van der Waals surface area contributed by atoms with E-state index in [1.807, 2.05) is 20.0 Å². The van der Waals surface area contributed by atoms with Gasteiger partial charge in [-0.05, 0) is 73.5 Å². The summed E-state index contributed by atoms with van der Waals surface area (Å²) in [5, 5.41) is 25.6. The molecule has 1 aromatic heterocycles. The highest BCUT2D eigenvalue weighted by molar-refractivity contribution is 5.94. The molecule has 1 saturated heterocycles. The lowest BCUT2D eigenvalue weighted by molar-refractivity contribution is -0.108. The van der Waals surface area contributed by atoms with Crippen molar-refractivity contribution in [1.29, 1.82) is 0 Å². The van der Waals surface area contributed by atoms with Gasteiger partial charge in [-0.3, -0.25) is 14.5 Å². The summed E-state index contributed by atoms with van der Waals surface area (Å²) >= 11 is 0. The van der Waals surface area contributed by atoms with Crippen LogP contribution in [0.4, 0.5) is 0 Å². The number of carbonyl (C=O) groups excluding carboxylic acids is 1. The largest absolute Gasteiger partial charge is 0.508 e. The average molecular weight is 466 g/mol. The molecular weight excluding hydrogens is 430 g/mol. The third-order valence-electron chi connectivity index (χ3n) is 8.51. The molecule has 2 aromatic rings. The van der Waals surface area contributed by atoms with Crippen LogP contribution in [-0.4, -0.2) is 57.8 Å². The van der Waals surface area contributed by atoms with Crippen molar-refractivity contribution in [3.05, 3.63) is 62.6 Å². The van der Waals surface area contributed by atoms with E-state index in [4.69, 9.17) is 0 Å². The highest BCUT2D eigenvalue weighted by atomic mass is 16.3. The topological polar surface area (TPSA) is 106 Å². The number of H-pyrrole nitrogens is 1.